The molecule has 4 N–H and O–H groups in total. The van der Waals surface area contributed by atoms with Gasteiger partial charge in [0, 0.05) is 18.4 Å². The van der Waals surface area contributed by atoms with Crippen molar-refractivity contribution in [1.82, 2.24) is 5.01 Å². The number of nitrogens with two attached hydrogens (primary N) is 2. The minimum Gasteiger partial charge on any atom is -0.401 e. The van der Waals surface area contributed by atoms with Gasteiger partial charge in [-0.2, -0.15) is 0 Å². The predicted molar refractivity (Wildman–Crippen MR) is 64.2 cm³/mol. The molecule has 0 rings (SSSR count). The molecule has 0 saturated carbocycles. The summed E-state index contributed by atoms with van der Waals surface area (Å²) in [5, 5.41) is 1.68. The van der Waals surface area contributed by atoms with E-state index in [1.165, 1.54) is 0 Å². The van der Waals surface area contributed by atoms with E-state index in [0.717, 1.165) is 37.9 Å². The molecule has 0 aliphatic carbocycles. The van der Waals surface area contributed by atoms with E-state index in [0.29, 0.717) is 0 Å². The Morgan fingerprint density at radius 3 is 2.29 bits per heavy atom. The lowest BCUT2D eigenvalue weighted by Gasteiger charge is -2.13. The Morgan fingerprint density at radius 2 is 1.86 bits per heavy atom. The molecular weight excluding hydrogens is 174 g/mol. The molecule has 0 unspecified atom stereocenters. The number of unbranched alkanes of at least 4 members (excludes halogenated alkanes) is 1. The summed E-state index contributed by atoms with van der Waals surface area (Å²) in [6, 6.07) is 0. The zero-order valence-corrected chi connectivity index (χ0v) is 9.63. The van der Waals surface area contributed by atoms with Crippen LogP contribution in [0.5, 0.6) is 0 Å². The van der Waals surface area contributed by atoms with Gasteiger partial charge in [-0.25, -0.2) is 5.84 Å². The molecule has 0 aromatic carbocycles. The largest absolute Gasteiger partial charge is 0.401 e. The number of hydrogen-bond donors (Lipinski definition) is 2. The quantitative estimate of drug-likeness (QED) is 0.392. The van der Waals surface area contributed by atoms with Gasteiger partial charge in [0.15, 0.2) is 0 Å². The number of allylic oxidation sites excluding steroid dienone is 1. The molecule has 0 aromatic heterocycles. The Labute approximate surface area is 88.4 Å². The highest BCUT2D eigenvalue weighted by atomic mass is 15.4. The average Bonchev–Trinajstić information content (AvgIpc) is 2.18. The highest BCUT2D eigenvalue weighted by molar-refractivity contribution is 4.94. The molecule has 3 nitrogen and oxygen atoms in total. The first-order chi connectivity index (χ1) is 6.70. The molecule has 0 saturated heterocycles. The fourth-order valence-electron chi connectivity index (χ4n) is 0.971. The van der Waals surface area contributed by atoms with Gasteiger partial charge in [-0.15, -0.1) is 13.2 Å². The molecule has 14 heavy (non-hydrogen) atoms. The summed E-state index contributed by atoms with van der Waals surface area (Å²) in [5.41, 5.74) is 6.57. The van der Waals surface area contributed by atoms with Crippen molar-refractivity contribution >= 4 is 0 Å². The topological polar surface area (TPSA) is 55.3 Å². The molecule has 0 fully saturated rings. The third-order valence-corrected chi connectivity index (χ3v) is 1.64. The van der Waals surface area contributed by atoms with E-state index in [2.05, 4.69) is 27.0 Å². The van der Waals surface area contributed by atoms with Crippen LogP contribution in [0.1, 0.15) is 39.5 Å². The summed E-state index contributed by atoms with van der Waals surface area (Å²) in [7, 11) is 0. The van der Waals surface area contributed by atoms with E-state index >= 15 is 0 Å². The minimum atomic E-state index is 0.871. The van der Waals surface area contributed by atoms with Gasteiger partial charge in [0.2, 0.25) is 0 Å². The Morgan fingerprint density at radius 1 is 1.29 bits per heavy atom. The molecule has 0 aliphatic rings. The monoisotopic (exact) mass is 199 g/mol. The van der Waals surface area contributed by atoms with Crippen LogP contribution >= 0.6 is 0 Å². The number of rotatable bonds is 6. The molecule has 0 spiro atoms. The Kier molecular flexibility index (Phi) is 13.3. The van der Waals surface area contributed by atoms with Gasteiger partial charge in [0.1, 0.15) is 0 Å². The standard InChI is InChI=1S/C9H21N3.C2H4/c1-3-5-7-12(11)8-9(10)6-4-2;1-2/h8H,3-7,10-11H2,1-2H3;1-2H2/b9-8-;. The summed E-state index contributed by atoms with van der Waals surface area (Å²) >= 11 is 0. The van der Waals surface area contributed by atoms with Crippen molar-refractivity contribution in [3.8, 4) is 0 Å². The molecule has 0 radical (unpaired) electrons. The van der Waals surface area contributed by atoms with Gasteiger partial charge in [-0.05, 0) is 12.8 Å². The van der Waals surface area contributed by atoms with Crippen LogP contribution in [0.4, 0.5) is 0 Å². The zero-order chi connectivity index (χ0) is 11.4. The lowest BCUT2D eigenvalue weighted by Crippen LogP contribution is -2.27. The second kappa shape index (κ2) is 12.0. The Balaban J connectivity index is 0. The third-order valence-electron chi connectivity index (χ3n) is 1.64. The molecule has 84 valence electrons. The molecule has 0 atom stereocenters. The summed E-state index contributed by atoms with van der Waals surface area (Å²) in [5.74, 6) is 5.67. The first kappa shape index (κ1) is 15.5. The van der Waals surface area contributed by atoms with E-state index in [1.54, 1.807) is 5.01 Å². The first-order valence-corrected chi connectivity index (χ1v) is 5.18. The zero-order valence-electron chi connectivity index (χ0n) is 9.63. The summed E-state index contributed by atoms with van der Waals surface area (Å²) in [4.78, 5) is 0. The smallest absolute Gasteiger partial charge is 0.0342 e. The van der Waals surface area contributed by atoms with Crippen molar-refractivity contribution in [2.24, 2.45) is 11.6 Å². The summed E-state index contributed by atoms with van der Waals surface area (Å²) in [6.45, 7) is 11.1. The van der Waals surface area contributed by atoms with Crippen LogP contribution in [0.2, 0.25) is 0 Å². The van der Waals surface area contributed by atoms with E-state index in [1.807, 2.05) is 6.20 Å². The number of nitrogens with zero attached hydrogens (tertiary/aromatic N) is 1. The van der Waals surface area contributed by atoms with Crippen LogP contribution in [-0.2, 0) is 0 Å². The number of hydrazine groups is 1. The van der Waals surface area contributed by atoms with Crippen LogP contribution in [0, 0.1) is 0 Å². The lowest BCUT2D eigenvalue weighted by molar-refractivity contribution is 0.379. The van der Waals surface area contributed by atoms with E-state index in [9.17, 15) is 0 Å². The Hall–Kier alpha value is -0.960. The second-order valence-electron chi connectivity index (χ2n) is 3.05. The SMILES string of the molecule is C=C.CCCCN(N)/C=C(\N)CCC. The maximum absolute atomic E-state index is 5.70. The van der Waals surface area contributed by atoms with Crippen molar-refractivity contribution in [3.63, 3.8) is 0 Å². The highest BCUT2D eigenvalue weighted by Crippen LogP contribution is 1.98. The molecule has 0 amide bonds. The van der Waals surface area contributed by atoms with Crippen LogP contribution < -0.4 is 11.6 Å². The summed E-state index contributed by atoms with van der Waals surface area (Å²) < 4.78 is 0. The van der Waals surface area contributed by atoms with Crippen molar-refractivity contribution < 1.29 is 0 Å². The normalized spacial score (nSPS) is 10.4. The van der Waals surface area contributed by atoms with Crippen LogP contribution in [0.3, 0.4) is 0 Å². The molecule has 0 bridgehead atoms. The van der Waals surface area contributed by atoms with Gasteiger partial charge >= 0.3 is 0 Å². The lowest BCUT2D eigenvalue weighted by atomic mass is 10.3. The third kappa shape index (κ3) is 11.0. The molecular formula is C11H25N3. The van der Waals surface area contributed by atoms with Gasteiger partial charge < -0.3 is 10.7 Å². The fourth-order valence-corrected chi connectivity index (χ4v) is 0.971. The van der Waals surface area contributed by atoms with Crippen molar-refractivity contribution in [3.05, 3.63) is 25.1 Å². The maximum atomic E-state index is 5.70. The van der Waals surface area contributed by atoms with Gasteiger partial charge in [0.25, 0.3) is 0 Å². The van der Waals surface area contributed by atoms with Gasteiger partial charge in [-0.3, -0.25) is 0 Å². The van der Waals surface area contributed by atoms with Crippen LogP contribution in [0.25, 0.3) is 0 Å². The minimum absolute atomic E-state index is 0.871. The van der Waals surface area contributed by atoms with Gasteiger partial charge in [-0.1, -0.05) is 26.7 Å². The molecule has 0 aliphatic heterocycles. The van der Waals surface area contributed by atoms with Gasteiger partial charge in [0.05, 0.1) is 0 Å². The van der Waals surface area contributed by atoms with Crippen LogP contribution in [-0.4, -0.2) is 11.6 Å². The van der Waals surface area contributed by atoms with Crippen molar-refractivity contribution in [2.75, 3.05) is 6.54 Å². The summed E-state index contributed by atoms with van der Waals surface area (Å²) in [6.07, 6.45) is 6.12. The van der Waals surface area contributed by atoms with Crippen LogP contribution in [0.15, 0.2) is 25.1 Å². The van der Waals surface area contributed by atoms with Crippen molar-refractivity contribution in [1.29, 1.82) is 0 Å². The highest BCUT2D eigenvalue weighted by Gasteiger charge is 1.93. The van der Waals surface area contributed by atoms with E-state index in [4.69, 9.17) is 11.6 Å². The van der Waals surface area contributed by atoms with Crippen molar-refractivity contribution in [2.45, 2.75) is 39.5 Å². The predicted octanol–water partition coefficient (Wildman–Crippen LogP) is 2.36. The number of hydrogen-bond acceptors (Lipinski definition) is 3. The first-order valence-electron chi connectivity index (χ1n) is 5.18. The molecule has 0 heterocycles. The van der Waals surface area contributed by atoms with E-state index in [-0.39, 0.29) is 0 Å². The molecule has 3 heteroatoms. The van der Waals surface area contributed by atoms with E-state index < -0.39 is 0 Å². The Bertz CT molecular complexity index is 143. The maximum Gasteiger partial charge on any atom is 0.0342 e. The second-order valence-corrected chi connectivity index (χ2v) is 3.05. The molecule has 0 aromatic rings. The fraction of sp³-hybridized carbons (Fsp3) is 0.636. The average molecular weight is 199 g/mol.